The van der Waals surface area contributed by atoms with E-state index < -0.39 is 0 Å². The van der Waals surface area contributed by atoms with Crippen LogP contribution in [0.1, 0.15) is 23.5 Å². The van der Waals surface area contributed by atoms with E-state index in [1.165, 1.54) is 29.5 Å². The molecule has 0 aliphatic heterocycles. The second-order valence-corrected chi connectivity index (χ2v) is 6.83. The summed E-state index contributed by atoms with van der Waals surface area (Å²) in [4.78, 5) is 17.3. The first-order chi connectivity index (χ1) is 9.79. The van der Waals surface area contributed by atoms with Gasteiger partial charge in [-0.3, -0.25) is 9.89 Å². The summed E-state index contributed by atoms with van der Waals surface area (Å²) >= 11 is 3.07. The van der Waals surface area contributed by atoms with Gasteiger partial charge in [0.15, 0.2) is 0 Å². The van der Waals surface area contributed by atoms with Gasteiger partial charge in [-0.25, -0.2) is 4.98 Å². The molecule has 0 bridgehead atoms. The molecule has 5 nitrogen and oxygen atoms in total. The standard InChI is InChI=1S/C13H16N4OS2/c18-12(14-7-9-3-4-9)8-20-13-15-11(16-17-13)6-10-2-1-5-19-10/h1-2,5,9H,3-4,6-8H2,(H,14,18)(H,15,16,17). The lowest BCUT2D eigenvalue weighted by atomic mass is 10.3. The molecular weight excluding hydrogens is 292 g/mol. The van der Waals surface area contributed by atoms with E-state index in [0.29, 0.717) is 16.8 Å². The highest BCUT2D eigenvalue weighted by atomic mass is 32.2. The van der Waals surface area contributed by atoms with Gasteiger partial charge in [0.25, 0.3) is 0 Å². The Labute approximate surface area is 125 Å². The molecule has 106 valence electrons. The molecule has 1 amide bonds. The van der Waals surface area contributed by atoms with E-state index in [0.717, 1.165) is 18.8 Å². The van der Waals surface area contributed by atoms with Crippen LogP contribution in [0.2, 0.25) is 0 Å². The Hall–Kier alpha value is -1.34. The van der Waals surface area contributed by atoms with Crippen molar-refractivity contribution in [1.82, 2.24) is 20.5 Å². The van der Waals surface area contributed by atoms with Crippen molar-refractivity contribution >= 4 is 29.0 Å². The number of thioether (sulfide) groups is 1. The number of hydrogen-bond acceptors (Lipinski definition) is 5. The van der Waals surface area contributed by atoms with Crippen LogP contribution in [-0.4, -0.2) is 33.4 Å². The molecule has 7 heteroatoms. The molecular formula is C13H16N4OS2. The fourth-order valence-corrected chi connectivity index (χ4v) is 3.12. The maximum absolute atomic E-state index is 11.6. The lowest BCUT2D eigenvalue weighted by Crippen LogP contribution is -2.27. The highest BCUT2D eigenvalue weighted by molar-refractivity contribution is 7.99. The van der Waals surface area contributed by atoms with Crippen LogP contribution in [-0.2, 0) is 11.2 Å². The normalized spacial score (nSPS) is 14.4. The summed E-state index contributed by atoms with van der Waals surface area (Å²) in [5.74, 6) is 1.99. The van der Waals surface area contributed by atoms with Crippen molar-refractivity contribution in [2.75, 3.05) is 12.3 Å². The molecule has 0 unspecified atom stereocenters. The van der Waals surface area contributed by atoms with Crippen molar-refractivity contribution < 1.29 is 4.79 Å². The zero-order valence-electron chi connectivity index (χ0n) is 11.0. The summed E-state index contributed by atoms with van der Waals surface area (Å²) in [6, 6.07) is 4.10. The van der Waals surface area contributed by atoms with E-state index in [2.05, 4.69) is 26.6 Å². The summed E-state index contributed by atoms with van der Waals surface area (Å²) in [5, 5.41) is 12.7. The number of hydrogen-bond donors (Lipinski definition) is 2. The van der Waals surface area contributed by atoms with Crippen molar-refractivity contribution in [3.63, 3.8) is 0 Å². The van der Waals surface area contributed by atoms with Gasteiger partial charge in [-0.1, -0.05) is 17.8 Å². The number of carbonyl (C=O) groups is 1. The molecule has 0 saturated heterocycles. The van der Waals surface area contributed by atoms with E-state index in [9.17, 15) is 4.79 Å². The van der Waals surface area contributed by atoms with Crippen molar-refractivity contribution in [1.29, 1.82) is 0 Å². The Balaban J connectivity index is 1.43. The molecule has 1 saturated carbocycles. The average molecular weight is 308 g/mol. The maximum Gasteiger partial charge on any atom is 0.230 e. The number of H-pyrrole nitrogens is 1. The van der Waals surface area contributed by atoms with E-state index in [4.69, 9.17) is 0 Å². The Morgan fingerprint density at radius 3 is 3.20 bits per heavy atom. The first-order valence-corrected chi connectivity index (χ1v) is 8.49. The number of rotatable bonds is 7. The second kappa shape index (κ2) is 6.41. The predicted octanol–water partition coefficient (Wildman–Crippen LogP) is 2.08. The first-order valence-electron chi connectivity index (χ1n) is 6.63. The molecule has 2 N–H and O–H groups in total. The van der Waals surface area contributed by atoms with E-state index >= 15 is 0 Å². The minimum atomic E-state index is 0.0616. The molecule has 1 fully saturated rings. The van der Waals surface area contributed by atoms with Gasteiger partial charge >= 0.3 is 0 Å². The number of carbonyl (C=O) groups excluding carboxylic acids is 1. The average Bonchev–Trinajstić information content (AvgIpc) is 2.94. The van der Waals surface area contributed by atoms with Crippen LogP contribution in [0.3, 0.4) is 0 Å². The largest absolute Gasteiger partial charge is 0.355 e. The summed E-state index contributed by atoms with van der Waals surface area (Å²) in [6.07, 6.45) is 3.26. The molecule has 2 aromatic rings. The van der Waals surface area contributed by atoms with Crippen molar-refractivity contribution in [3.8, 4) is 0 Å². The molecule has 0 radical (unpaired) electrons. The van der Waals surface area contributed by atoms with Crippen molar-refractivity contribution in [2.45, 2.75) is 24.4 Å². The van der Waals surface area contributed by atoms with Crippen LogP contribution >= 0.6 is 23.1 Å². The SMILES string of the molecule is O=C(CSc1n[nH]c(Cc2cccs2)n1)NCC1CC1. The zero-order valence-corrected chi connectivity index (χ0v) is 12.6. The van der Waals surface area contributed by atoms with Crippen LogP contribution in [0, 0.1) is 5.92 Å². The molecule has 0 spiro atoms. The Kier molecular flexibility index (Phi) is 4.37. The van der Waals surface area contributed by atoms with Gasteiger partial charge in [0.2, 0.25) is 11.1 Å². The summed E-state index contributed by atoms with van der Waals surface area (Å²) < 4.78 is 0. The number of amides is 1. The summed E-state index contributed by atoms with van der Waals surface area (Å²) in [6.45, 7) is 0.816. The Bertz CT molecular complexity index is 563. The molecule has 1 aliphatic carbocycles. The molecule has 20 heavy (non-hydrogen) atoms. The molecule has 1 aliphatic rings. The van der Waals surface area contributed by atoms with Crippen LogP contribution in [0.5, 0.6) is 0 Å². The van der Waals surface area contributed by atoms with Crippen LogP contribution in [0.15, 0.2) is 22.7 Å². The van der Waals surface area contributed by atoms with Crippen LogP contribution in [0.4, 0.5) is 0 Å². The van der Waals surface area contributed by atoms with Gasteiger partial charge in [0.05, 0.1) is 5.75 Å². The van der Waals surface area contributed by atoms with Gasteiger partial charge in [0, 0.05) is 17.8 Å². The lowest BCUT2D eigenvalue weighted by molar-refractivity contribution is -0.118. The minimum absolute atomic E-state index is 0.0616. The molecule has 0 aromatic carbocycles. The van der Waals surface area contributed by atoms with Crippen molar-refractivity contribution in [2.24, 2.45) is 5.92 Å². The monoisotopic (exact) mass is 308 g/mol. The summed E-state index contributed by atoms with van der Waals surface area (Å²) in [7, 11) is 0. The van der Waals surface area contributed by atoms with Gasteiger partial charge in [-0.2, -0.15) is 0 Å². The predicted molar refractivity (Wildman–Crippen MR) is 80.0 cm³/mol. The van der Waals surface area contributed by atoms with Crippen LogP contribution < -0.4 is 5.32 Å². The Morgan fingerprint density at radius 2 is 2.45 bits per heavy atom. The highest BCUT2D eigenvalue weighted by Crippen LogP contribution is 2.27. The molecule has 2 heterocycles. The van der Waals surface area contributed by atoms with E-state index in [-0.39, 0.29) is 5.91 Å². The van der Waals surface area contributed by atoms with Gasteiger partial charge in [-0.05, 0) is 30.2 Å². The minimum Gasteiger partial charge on any atom is -0.355 e. The smallest absolute Gasteiger partial charge is 0.230 e. The quantitative estimate of drug-likeness (QED) is 0.768. The van der Waals surface area contributed by atoms with Gasteiger partial charge < -0.3 is 5.32 Å². The number of nitrogens with zero attached hydrogens (tertiary/aromatic N) is 2. The van der Waals surface area contributed by atoms with Crippen molar-refractivity contribution in [3.05, 3.63) is 28.2 Å². The van der Waals surface area contributed by atoms with Gasteiger partial charge in [-0.15, -0.1) is 16.4 Å². The first kappa shape index (κ1) is 13.6. The zero-order chi connectivity index (χ0) is 13.8. The topological polar surface area (TPSA) is 70.7 Å². The van der Waals surface area contributed by atoms with E-state index in [1.807, 2.05) is 11.4 Å². The highest BCUT2D eigenvalue weighted by Gasteiger charge is 2.21. The molecule has 3 rings (SSSR count). The van der Waals surface area contributed by atoms with E-state index in [1.54, 1.807) is 11.3 Å². The fourth-order valence-electron chi connectivity index (χ4n) is 1.76. The number of thiophene rings is 1. The second-order valence-electron chi connectivity index (χ2n) is 4.86. The molecule has 2 aromatic heterocycles. The number of aromatic amines is 1. The third kappa shape index (κ3) is 4.08. The third-order valence-electron chi connectivity index (χ3n) is 3.05. The number of aromatic nitrogens is 3. The summed E-state index contributed by atoms with van der Waals surface area (Å²) in [5.41, 5.74) is 0. The fraction of sp³-hybridized carbons (Fsp3) is 0.462. The van der Waals surface area contributed by atoms with Gasteiger partial charge in [0.1, 0.15) is 5.82 Å². The third-order valence-corrected chi connectivity index (χ3v) is 4.77. The lowest BCUT2D eigenvalue weighted by Gasteiger charge is -2.01. The molecule has 0 atom stereocenters. The Morgan fingerprint density at radius 1 is 1.55 bits per heavy atom. The maximum atomic E-state index is 11.6. The van der Waals surface area contributed by atoms with Crippen LogP contribution in [0.25, 0.3) is 0 Å². The number of nitrogens with one attached hydrogen (secondary N) is 2.